The fourth-order valence-corrected chi connectivity index (χ4v) is 4.72. The van der Waals surface area contributed by atoms with Crippen molar-refractivity contribution in [3.8, 4) is 0 Å². The molecule has 0 aliphatic heterocycles. The minimum Gasteiger partial charge on any atom is -0.409 e. The van der Waals surface area contributed by atoms with Gasteiger partial charge in [0.05, 0.1) is 0 Å². The van der Waals surface area contributed by atoms with E-state index in [-0.39, 0.29) is 23.0 Å². The molecule has 6 nitrogen and oxygen atoms in total. The third kappa shape index (κ3) is 3.41. The summed E-state index contributed by atoms with van der Waals surface area (Å²) in [4.78, 5) is 0. The molecule has 9 heteroatoms. The molecule has 0 aliphatic rings. The van der Waals surface area contributed by atoms with Gasteiger partial charge in [0, 0.05) is 24.5 Å². The molecule has 0 saturated carbocycles. The van der Waals surface area contributed by atoms with Crippen molar-refractivity contribution in [2.45, 2.75) is 10.6 Å². The number of rotatable bonds is 5. The number of thiophene rings is 1. The van der Waals surface area contributed by atoms with Crippen LogP contribution in [0.4, 0.5) is 0 Å². The number of hydrogen-bond donors (Lipinski definition) is 2. The number of oxime groups is 1. The van der Waals surface area contributed by atoms with E-state index in [0.29, 0.717) is 4.47 Å². The van der Waals surface area contributed by atoms with E-state index in [1.165, 1.54) is 11.4 Å². The third-order valence-corrected chi connectivity index (χ3v) is 6.54. The molecule has 17 heavy (non-hydrogen) atoms. The summed E-state index contributed by atoms with van der Waals surface area (Å²) in [7, 11) is -2.07. The highest BCUT2D eigenvalue weighted by Gasteiger charge is 2.24. The first-order valence-electron chi connectivity index (χ1n) is 4.55. The summed E-state index contributed by atoms with van der Waals surface area (Å²) in [6, 6.07) is 1.68. The number of nitrogens with two attached hydrogens (primary N) is 1. The van der Waals surface area contributed by atoms with Gasteiger partial charge in [-0.3, -0.25) is 0 Å². The van der Waals surface area contributed by atoms with Gasteiger partial charge in [-0.1, -0.05) is 5.16 Å². The largest absolute Gasteiger partial charge is 0.409 e. The first-order valence-corrected chi connectivity index (χ1v) is 7.66. The number of halogens is 1. The summed E-state index contributed by atoms with van der Waals surface area (Å²) >= 11 is 4.32. The molecule has 0 atom stereocenters. The number of nitrogens with zero attached hydrogens (tertiary/aromatic N) is 2. The van der Waals surface area contributed by atoms with Gasteiger partial charge < -0.3 is 10.9 Å². The van der Waals surface area contributed by atoms with Crippen LogP contribution in [-0.4, -0.2) is 37.4 Å². The predicted molar refractivity (Wildman–Crippen MR) is 69.9 cm³/mol. The highest BCUT2D eigenvalue weighted by molar-refractivity contribution is 9.10. The summed E-state index contributed by atoms with van der Waals surface area (Å²) in [5.74, 6) is -0.00250. The Balaban J connectivity index is 2.82. The van der Waals surface area contributed by atoms with Crippen molar-refractivity contribution in [2.75, 3.05) is 13.6 Å². The van der Waals surface area contributed by atoms with Crippen LogP contribution in [0.1, 0.15) is 6.42 Å². The van der Waals surface area contributed by atoms with E-state index >= 15 is 0 Å². The van der Waals surface area contributed by atoms with Crippen LogP contribution in [0.3, 0.4) is 0 Å². The van der Waals surface area contributed by atoms with Crippen LogP contribution in [-0.2, 0) is 10.0 Å². The number of amidine groups is 1. The Morgan fingerprint density at radius 1 is 1.71 bits per heavy atom. The van der Waals surface area contributed by atoms with E-state index in [9.17, 15) is 8.42 Å². The Morgan fingerprint density at radius 3 is 2.82 bits per heavy atom. The molecule has 1 heterocycles. The van der Waals surface area contributed by atoms with Crippen LogP contribution < -0.4 is 5.73 Å². The van der Waals surface area contributed by atoms with E-state index in [1.54, 1.807) is 11.4 Å². The van der Waals surface area contributed by atoms with Gasteiger partial charge in [0.2, 0.25) is 0 Å². The second kappa shape index (κ2) is 5.80. The van der Waals surface area contributed by atoms with Crippen LogP contribution in [0.25, 0.3) is 0 Å². The maximum absolute atomic E-state index is 12.1. The molecule has 0 bridgehead atoms. The molecule has 0 fully saturated rings. The summed E-state index contributed by atoms with van der Waals surface area (Å²) in [5, 5.41) is 12.8. The lowest BCUT2D eigenvalue weighted by Gasteiger charge is -2.15. The molecule has 0 spiro atoms. The van der Waals surface area contributed by atoms with Gasteiger partial charge >= 0.3 is 0 Å². The number of hydrogen-bond acceptors (Lipinski definition) is 5. The van der Waals surface area contributed by atoms with Gasteiger partial charge in [0.1, 0.15) is 10.0 Å². The van der Waals surface area contributed by atoms with E-state index < -0.39 is 10.0 Å². The highest BCUT2D eigenvalue weighted by Crippen LogP contribution is 2.29. The van der Waals surface area contributed by atoms with Crippen LogP contribution in [0.5, 0.6) is 0 Å². The van der Waals surface area contributed by atoms with Crippen molar-refractivity contribution in [2.24, 2.45) is 10.9 Å². The quantitative estimate of drug-likeness (QED) is 0.364. The van der Waals surface area contributed by atoms with Crippen molar-refractivity contribution in [3.05, 3.63) is 15.9 Å². The zero-order chi connectivity index (χ0) is 13.1. The van der Waals surface area contributed by atoms with E-state index in [2.05, 4.69) is 21.1 Å². The van der Waals surface area contributed by atoms with E-state index in [1.807, 2.05) is 0 Å². The standard InChI is InChI=1S/C8H12BrN3O3S2/c1-12(4-2-7(10)11-13)17(14,15)8-6(9)3-5-16-8/h3,5,13H,2,4H2,1H3,(H2,10,11). The molecule has 96 valence electrons. The van der Waals surface area contributed by atoms with Gasteiger partial charge in [-0.2, -0.15) is 4.31 Å². The second-order valence-electron chi connectivity index (χ2n) is 3.22. The van der Waals surface area contributed by atoms with E-state index in [4.69, 9.17) is 10.9 Å². The molecule has 0 aromatic carbocycles. The topological polar surface area (TPSA) is 96.0 Å². The van der Waals surface area contributed by atoms with Crippen LogP contribution >= 0.6 is 27.3 Å². The van der Waals surface area contributed by atoms with Crippen LogP contribution in [0.2, 0.25) is 0 Å². The van der Waals surface area contributed by atoms with Crippen molar-refractivity contribution < 1.29 is 13.6 Å². The molecule has 1 aromatic rings. The SMILES string of the molecule is CN(CCC(N)=NO)S(=O)(=O)c1sccc1Br. The van der Waals surface area contributed by atoms with Crippen molar-refractivity contribution in [1.29, 1.82) is 0 Å². The monoisotopic (exact) mass is 341 g/mol. The Bertz CT molecular complexity index is 512. The van der Waals surface area contributed by atoms with Gasteiger partial charge in [-0.05, 0) is 27.4 Å². The van der Waals surface area contributed by atoms with Gasteiger partial charge in [-0.25, -0.2) is 8.42 Å². The minimum absolute atomic E-state index is 0.00250. The molecular formula is C8H12BrN3O3S2. The van der Waals surface area contributed by atoms with E-state index in [0.717, 1.165) is 11.3 Å². The molecule has 0 saturated heterocycles. The molecule has 0 amide bonds. The van der Waals surface area contributed by atoms with Gasteiger partial charge in [0.25, 0.3) is 10.0 Å². The first-order chi connectivity index (χ1) is 7.89. The summed E-state index contributed by atoms with van der Waals surface area (Å²) in [5.41, 5.74) is 5.28. The molecule has 3 N–H and O–H groups in total. The smallest absolute Gasteiger partial charge is 0.253 e. The van der Waals surface area contributed by atoms with Gasteiger partial charge in [0.15, 0.2) is 0 Å². The predicted octanol–water partition coefficient (Wildman–Crippen LogP) is 1.27. The summed E-state index contributed by atoms with van der Waals surface area (Å²) in [6.07, 6.45) is 0.176. The Kier molecular flexibility index (Phi) is 4.92. The Labute approximate surface area is 112 Å². The molecule has 0 aliphatic carbocycles. The van der Waals surface area contributed by atoms with Crippen molar-refractivity contribution in [3.63, 3.8) is 0 Å². The molecule has 1 rings (SSSR count). The molecule has 0 radical (unpaired) electrons. The lowest BCUT2D eigenvalue weighted by Crippen LogP contribution is -2.30. The average Bonchev–Trinajstić information content (AvgIpc) is 2.72. The third-order valence-electron chi connectivity index (χ3n) is 2.04. The zero-order valence-corrected chi connectivity index (χ0v) is 12.2. The lowest BCUT2D eigenvalue weighted by molar-refractivity contribution is 0.316. The highest BCUT2D eigenvalue weighted by atomic mass is 79.9. The Hall–Kier alpha value is -0.640. The van der Waals surface area contributed by atoms with Crippen molar-refractivity contribution >= 4 is 43.1 Å². The molecule has 0 unspecified atom stereocenters. The Morgan fingerprint density at radius 2 is 2.35 bits per heavy atom. The maximum atomic E-state index is 12.1. The molecule has 1 aromatic heterocycles. The van der Waals surface area contributed by atoms with Gasteiger partial charge in [-0.15, -0.1) is 11.3 Å². The fourth-order valence-electron chi connectivity index (χ4n) is 1.05. The normalized spacial score (nSPS) is 13.2. The second-order valence-corrected chi connectivity index (χ2v) is 7.23. The lowest BCUT2D eigenvalue weighted by atomic mass is 10.4. The summed E-state index contributed by atoms with van der Waals surface area (Å²) in [6.45, 7) is 0.155. The summed E-state index contributed by atoms with van der Waals surface area (Å²) < 4.78 is 26.1. The average molecular weight is 342 g/mol. The maximum Gasteiger partial charge on any atom is 0.253 e. The minimum atomic E-state index is -3.52. The molecular weight excluding hydrogens is 330 g/mol. The van der Waals surface area contributed by atoms with Crippen LogP contribution in [0, 0.1) is 0 Å². The number of sulfonamides is 1. The van der Waals surface area contributed by atoms with Crippen LogP contribution in [0.15, 0.2) is 25.3 Å². The zero-order valence-electron chi connectivity index (χ0n) is 9.00. The van der Waals surface area contributed by atoms with Crippen molar-refractivity contribution in [1.82, 2.24) is 4.31 Å². The first kappa shape index (κ1) is 14.4. The fraction of sp³-hybridized carbons (Fsp3) is 0.375.